The highest BCUT2D eigenvalue weighted by Gasteiger charge is 2.38. The van der Waals surface area contributed by atoms with E-state index in [0.717, 1.165) is 9.87 Å². The maximum Gasteiger partial charge on any atom is 0.242 e. The van der Waals surface area contributed by atoms with Crippen LogP contribution in [0.25, 0.3) is 0 Å². The third kappa shape index (κ3) is 4.59. The first kappa shape index (κ1) is 20.3. The number of nitrogens with zero attached hydrogens (tertiary/aromatic N) is 2. The molecule has 1 heterocycles. The van der Waals surface area contributed by atoms with Gasteiger partial charge in [0.15, 0.2) is 0 Å². The Hall–Kier alpha value is -1.00. The molecule has 0 saturated carbocycles. The Labute approximate surface area is 150 Å². The summed E-state index contributed by atoms with van der Waals surface area (Å²) in [5.41, 5.74) is 0.230. The van der Waals surface area contributed by atoms with Gasteiger partial charge in [0.25, 0.3) is 0 Å². The van der Waals surface area contributed by atoms with Crippen molar-refractivity contribution in [3.05, 3.63) is 29.8 Å². The minimum atomic E-state index is -3.48. The van der Waals surface area contributed by atoms with E-state index in [0.29, 0.717) is 26.2 Å². The highest BCUT2D eigenvalue weighted by Crippen LogP contribution is 2.23. The molecule has 0 aliphatic carbocycles. The molecule has 0 bridgehead atoms. The van der Waals surface area contributed by atoms with Gasteiger partial charge in [0.05, 0.1) is 29.4 Å². The number of aryl methyl sites for hydroxylation is 1. The van der Waals surface area contributed by atoms with Crippen molar-refractivity contribution < 1.29 is 21.6 Å². The van der Waals surface area contributed by atoms with Crippen LogP contribution >= 0.6 is 0 Å². The van der Waals surface area contributed by atoms with Gasteiger partial charge in [-0.3, -0.25) is 0 Å². The molecule has 0 aromatic heterocycles. The Morgan fingerprint density at radius 1 is 1.12 bits per heavy atom. The molecule has 9 heteroatoms. The lowest BCUT2D eigenvalue weighted by molar-refractivity contribution is -0.00767. The van der Waals surface area contributed by atoms with Crippen LogP contribution in [0.5, 0.6) is 0 Å². The van der Waals surface area contributed by atoms with Crippen molar-refractivity contribution in [3.8, 4) is 0 Å². The van der Waals surface area contributed by atoms with Crippen molar-refractivity contribution in [1.29, 1.82) is 0 Å². The highest BCUT2D eigenvalue weighted by molar-refractivity contribution is 7.89. The summed E-state index contributed by atoms with van der Waals surface area (Å²) in [5, 5.41) is 0. The average Bonchev–Trinajstić information content (AvgIpc) is 2.52. The largest absolute Gasteiger partial charge is 0.378 e. The van der Waals surface area contributed by atoms with Gasteiger partial charge in [-0.1, -0.05) is 12.1 Å². The van der Waals surface area contributed by atoms with Crippen molar-refractivity contribution in [2.75, 3.05) is 39.6 Å². The van der Waals surface area contributed by atoms with Crippen molar-refractivity contribution in [2.24, 2.45) is 0 Å². The second-order valence-corrected chi connectivity index (χ2v) is 11.1. The summed E-state index contributed by atoms with van der Waals surface area (Å²) in [6.45, 7) is 4.84. The smallest absolute Gasteiger partial charge is 0.242 e. The van der Waals surface area contributed by atoms with E-state index < -0.39 is 25.6 Å². The van der Waals surface area contributed by atoms with E-state index in [2.05, 4.69) is 0 Å². The number of rotatable bonds is 6. The van der Waals surface area contributed by atoms with Crippen molar-refractivity contribution in [2.45, 2.75) is 30.7 Å². The van der Waals surface area contributed by atoms with Gasteiger partial charge < -0.3 is 4.74 Å². The molecule has 1 aromatic rings. The van der Waals surface area contributed by atoms with Crippen molar-refractivity contribution in [3.63, 3.8) is 0 Å². The van der Waals surface area contributed by atoms with E-state index in [9.17, 15) is 16.8 Å². The zero-order valence-corrected chi connectivity index (χ0v) is 16.7. The molecule has 1 aliphatic heterocycles. The molecule has 0 N–H and O–H groups in total. The van der Waals surface area contributed by atoms with Crippen LogP contribution < -0.4 is 0 Å². The molecule has 1 aliphatic rings. The van der Waals surface area contributed by atoms with Crippen LogP contribution in [0.3, 0.4) is 0 Å². The standard InChI is InChI=1S/C16H26N2O5S2/c1-16(2)13-23-11-10-18(16)24(19,20)12-9-14-5-7-15(8-6-14)25(21,22)17(3)4/h5-8H,9-13H2,1-4H3. The minimum Gasteiger partial charge on any atom is -0.378 e. The summed E-state index contributed by atoms with van der Waals surface area (Å²) in [6, 6.07) is 6.35. The van der Waals surface area contributed by atoms with E-state index >= 15 is 0 Å². The van der Waals surface area contributed by atoms with Crippen LogP contribution in [-0.4, -0.2) is 70.6 Å². The topological polar surface area (TPSA) is 84.0 Å². The summed E-state index contributed by atoms with van der Waals surface area (Å²) >= 11 is 0. The second kappa shape index (κ2) is 7.32. The molecule has 1 aromatic carbocycles. The monoisotopic (exact) mass is 390 g/mol. The SMILES string of the molecule is CN(C)S(=O)(=O)c1ccc(CCS(=O)(=O)N2CCOCC2(C)C)cc1. The average molecular weight is 391 g/mol. The first-order valence-electron chi connectivity index (χ1n) is 8.06. The van der Waals surface area contributed by atoms with Gasteiger partial charge in [-0.15, -0.1) is 0 Å². The van der Waals surface area contributed by atoms with Crippen LogP contribution in [-0.2, 0) is 31.2 Å². The zero-order chi connectivity index (χ0) is 18.9. The molecule has 0 atom stereocenters. The Morgan fingerprint density at radius 2 is 1.72 bits per heavy atom. The number of morpholine rings is 1. The van der Waals surface area contributed by atoms with E-state index in [1.54, 1.807) is 12.1 Å². The van der Waals surface area contributed by atoms with Crippen LogP contribution in [0.15, 0.2) is 29.2 Å². The van der Waals surface area contributed by atoms with Gasteiger partial charge in [-0.2, -0.15) is 4.31 Å². The normalized spacial score (nSPS) is 19.2. The van der Waals surface area contributed by atoms with Crippen LogP contribution in [0.2, 0.25) is 0 Å². The number of hydrogen-bond donors (Lipinski definition) is 0. The lowest BCUT2D eigenvalue weighted by Crippen LogP contribution is -2.56. The van der Waals surface area contributed by atoms with Gasteiger partial charge in [0, 0.05) is 20.6 Å². The van der Waals surface area contributed by atoms with Crippen molar-refractivity contribution >= 4 is 20.0 Å². The fourth-order valence-electron chi connectivity index (χ4n) is 2.76. The van der Waals surface area contributed by atoms with Gasteiger partial charge in [-0.05, 0) is 38.0 Å². The Balaban J connectivity index is 2.08. The molecule has 7 nitrogen and oxygen atoms in total. The summed E-state index contributed by atoms with van der Waals surface area (Å²) in [5.74, 6) is -0.0177. The summed E-state index contributed by atoms with van der Waals surface area (Å²) in [6.07, 6.45) is 0.331. The number of ether oxygens (including phenoxy) is 1. The lowest BCUT2D eigenvalue weighted by atomic mass is 10.1. The lowest BCUT2D eigenvalue weighted by Gasteiger charge is -2.40. The Kier molecular flexibility index (Phi) is 5.95. The maximum absolute atomic E-state index is 12.7. The molecule has 2 rings (SSSR count). The second-order valence-electron chi connectivity index (χ2n) is 6.93. The number of hydrogen-bond acceptors (Lipinski definition) is 5. The van der Waals surface area contributed by atoms with Crippen LogP contribution in [0.1, 0.15) is 19.4 Å². The number of benzene rings is 1. The molecule has 142 valence electrons. The molecule has 25 heavy (non-hydrogen) atoms. The predicted molar refractivity (Wildman–Crippen MR) is 96.4 cm³/mol. The summed E-state index contributed by atoms with van der Waals surface area (Å²) < 4.78 is 57.4. The van der Waals surface area contributed by atoms with E-state index in [4.69, 9.17) is 4.74 Å². The highest BCUT2D eigenvalue weighted by atomic mass is 32.2. The zero-order valence-electron chi connectivity index (χ0n) is 15.1. The van der Waals surface area contributed by atoms with Gasteiger partial charge in [0.2, 0.25) is 20.0 Å². The molecular formula is C16H26N2O5S2. The van der Waals surface area contributed by atoms with Crippen LogP contribution in [0, 0.1) is 0 Å². The van der Waals surface area contributed by atoms with Gasteiger partial charge in [0.1, 0.15) is 0 Å². The van der Waals surface area contributed by atoms with Gasteiger partial charge >= 0.3 is 0 Å². The summed E-state index contributed by atoms with van der Waals surface area (Å²) in [7, 11) is -3.95. The third-order valence-electron chi connectivity index (χ3n) is 4.26. The van der Waals surface area contributed by atoms with E-state index in [1.807, 2.05) is 13.8 Å². The molecule has 0 unspecified atom stereocenters. The Bertz CT molecular complexity index is 799. The first-order chi connectivity index (χ1) is 11.5. The minimum absolute atomic E-state index is 0.0177. The molecule has 1 saturated heterocycles. The molecule has 1 fully saturated rings. The molecule has 0 radical (unpaired) electrons. The first-order valence-corrected chi connectivity index (χ1v) is 11.1. The molecule has 0 amide bonds. The van der Waals surface area contributed by atoms with Crippen LogP contribution in [0.4, 0.5) is 0 Å². The van der Waals surface area contributed by atoms with Gasteiger partial charge in [-0.25, -0.2) is 21.1 Å². The maximum atomic E-state index is 12.7. The van der Waals surface area contributed by atoms with Crippen molar-refractivity contribution in [1.82, 2.24) is 8.61 Å². The quantitative estimate of drug-likeness (QED) is 0.721. The molecule has 0 spiro atoms. The van der Waals surface area contributed by atoms with E-state index in [1.165, 1.54) is 30.5 Å². The molecular weight excluding hydrogens is 364 g/mol. The fraction of sp³-hybridized carbons (Fsp3) is 0.625. The predicted octanol–water partition coefficient (Wildman–Crippen LogP) is 0.920. The third-order valence-corrected chi connectivity index (χ3v) is 8.15. The Morgan fingerprint density at radius 3 is 2.24 bits per heavy atom. The number of sulfonamides is 2. The fourth-order valence-corrected chi connectivity index (χ4v) is 5.53. The van der Waals surface area contributed by atoms with E-state index in [-0.39, 0.29) is 10.6 Å². The summed E-state index contributed by atoms with van der Waals surface area (Å²) in [4.78, 5) is 0.193.